The van der Waals surface area contributed by atoms with Crippen LogP contribution in [-0.2, 0) is 6.54 Å². The zero-order valence-corrected chi connectivity index (χ0v) is 17.3. The van der Waals surface area contributed by atoms with Gasteiger partial charge in [-0.2, -0.15) is 0 Å². The van der Waals surface area contributed by atoms with Gasteiger partial charge in [0.2, 0.25) is 0 Å². The van der Waals surface area contributed by atoms with Crippen molar-refractivity contribution < 1.29 is 4.79 Å². The minimum Gasteiger partial charge on any atom is -0.372 e. The molecular formula is C26H24N4O. The van der Waals surface area contributed by atoms with Crippen LogP contribution in [0.3, 0.4) is 0 Å². The second-order valence-corrected chi connectivity index (χ2v) is 8.43. The van der Waals surface area contributed by atoms with E-state index >= 15 is 0 Å². The Hall–Kier alpha value is -3.60. The molecule has 1 aromatic heterocycles. The van der Waals surface area contributed by atoms with E-state index in [1.54, 1.807) is 0 Å². The van der Waals surface area contributed by atoms with Gasteiger partial charge in [-0.25, -0.2) is 4.98 Å². The van der Waals surface area contributed by atoms with Crippen LogP contribution in [-0.4, -0.2) is 29.0 Å². The molecule has 1 saturated heterocycles. The number of anilines is 2. The molecule has 154 valence electrons. The second kappa shape index (κ2) is 7.27. The molecule has 3 heterocycles. The smallest absolute Gasteiger partial charge is 0.258 e. The van der Waals surface area contributed by atoms with Crippen LogP contribution in [0.4, 0.5) is 11.4 Å². The van der Waals surface area contributed by atoms with Crippen LogP contribution in [0.15, 0.2) is 66.7 Å². The van der Waals surface area contributed by atoms with Crippen molar-refractivity contribution in [3.05, 3.63) is 77.9 Å². The number of carbonyl (C=O) groups is 1. The van der Waals surface area contributed by atoms with Crippen molar-refractivity contribution in [2.75, 3.05) is 22.9 Å². The van der Waals surface area contributed by atoms with Crippen LogP contribution < -0.4 is 9.80 Å². The van der Waals surface area contributed by atoms with Gasteiger partial charge in [0.05, 0.1) is 17.6 Å². The average molecular weight is 409 g/mol. The molecule has 0 spiro atoms. The minimum atomic E-state index is 0.0716. The summed E-state index contributed by atoms with van der Waals surface area (Å²) in [6.07, 6.45) is 3.81. The van der Waals surface area contributed by atoms with Gasteiger partial charge in [-0.1, -0.05) is 30.3 Å². The highest BCUT2D eigenvalue weighted by Gasteiger charge is 2.29. The Morgan fingerprint density at radius 3 is 2.48 bits per heavy atom. The van der Waals surface area contributed by atoms with Crippen molar-refractivity contribution in [2.24, 2.45) is 0 Å². The molecule has 5 nitrogen and oxygen atoms in total. The van der Waals surface area contributed by atoms with Crippen molar-refractivity contribution in [2.45, 2.75) is 25.8 Å². The fraction of sp³-hybridized carbons (Fsp3) is 0.231. The molecule has 3 aromatic carbocycles. The maximum atomic E-state index is 13.1. The zero-order valence-electron chi connectivity index (χ0n) is 17.3. The summed E-state index contributed by atoms with van der Waals surface area (Å²) in [5.41, 5.74) is 6.96. The van der Waals surface area contributed by atoms with Crippen molar-refractivity contribution in [3.8, 4) is 11.4 Å². The molecule has 2 aliphatic heterocycles. The summed E-state index contributed by atoms with van der Waals surface area (Å²) in [7, 11) is 0. The van der Waals surface area contributed by atoms with E-state index in [4.69, 9.17) is 4.98 Å². The summed E-state index contributed by atoms with van der Waals surface area (Å²) >= 11 is 0. The van der Waals surface area contributed by atoms with E-state index in [0.29, 0.717) is 6.54 Å². The van der Waals surface area contributed by atoms with Crippen LogP contribution in [0.5, 0.6) is 0 Å². The molecule has 0 saturated carbocycles. The summed E-state index contributed by atoms with van der Waals surface area (Å²) in [6.45, 7) is 2.83. The highest BCUT2D eigenvalue weighted by molar-refractivity contribution is 6.10. The molecule has 0 aliphatic carbocycles. The fourth-order valence-corrected chi connectivity index (χ4v) is 4.76. The third-order valence-corrected chi connectivity index (χ3v) is 6.44. The van der Waals surface area contributed by atoms with E-state index in [1.165, 1.54) is 24.9 Å². The Labute approximate surface area is 181 Å². The van der Waals surface area contributed by atoms with Crippen molar-refractivity contribution in [1.29, 1.82) is 0 Å². The van der Waals surface area contributed by atoms with Gasteiger partial charge in [-0.05, 0) is 61.2 Å². The van der Waals surface area contributed by atoms with E-state index in [1.807, 2.05) is 59.5 Å². The summed E-state index contributed by atoms with van der Waals surface area (Å²) in [4.78, 5) is 25.6. The number of carbonyl (C=O) groups excluding carboxylic acids is 1. The molecule has 1 amide bonds. The number of fused-ring (bicyclic) bond motifs is 2. The number of imidazole rings is 1. The maximum absolute atomic E-state index is 13.1. The molecule has 0 radical (unpaired) electrons. The predicted octanol–water partition coefficient (Wildman–Crippen LogP) is 5.38. The van der Waals surface area contributed by atoms with Crippen molar-refractivity contribution >= 4 is 28.3 Å². The third-order valence-electron chi connectivity index (χ3n) is 6.44. The SMILES string of the molecule is O=C1c2ccc(N3CCCCC3)cc2CN1c1ccc2nc(-c3ccccc3)[nH]c2c1. The summed E-state index contributed by atoms with van der Waals surface area (Å²) in [5.74, 6) is 0.914. The first kappa shape index (κ1) is 18.2. The van der Waals surface area contributed by atoms with Gasteiger partial charge < -0.3 is 14.8 Å². The van der Waals surface area contributed by atoms with E-state index < -0.39 is 0 Å². The Morgan fingerprint density at radius 2 is 1.65 bits per heavy atom. The Morgan fingerprint density at radius 1 is 0.839 bits per heavy atom. The van der Waals surface area contributed by atoms with Crippen LogP contribution in [0.1, 0.15) is 35.2 Å². The molecule has 2 aliphatic rings. The van der Waals surface area contributed by atoms with Gasteiger partial charge >= 0.3 is 0 Å². The number of H-pyrrole nitrogens is 1. The number of nitrogens with zero attached hydrogens (tertiary/aromatic N) is 3. The quantitative estimate of drug-likeness (QED) is 0.495. The monoisotopic (exact) mass is 408 g/mol. The van der Waals surface area contributed by atoms with Crippen LogP contribution in [0, 0.1) is 0 Å². The van der Waals surface area contributed by atoms with Gasteiger partial charge in [0.15, 0.2) is 0 Å². The largest absolute Gasteiger partial charge is 0.372 e. The lowest BCUT2D eigenvalue weighted by atomic mass is 10.1. The number of benzene rings is 3. The molecule has 0 unspecified atom stereocenters. The van der Waals surface area contributed by atoms with Crippen molar-refractivity contribution in [3.63, 3.8) is 0 Å². The lowest BCUT2D eigenvalue weighted by Gasteiger charge is -2.29. The van der Waals surface area contributed by atoms with E-state index in [-0.39, 0.29) is 5.91 Å². The van der Waals surface area contributed by atoms with Crippen molar-refractivity contribution in [1.82, 2.24) is 9.97 Å². The number of nitrogens with one attached hydrogen (secondary N) is 1. The molecule has 6 rings (SSSR count). The summed E-state index contributed by atoms with van der Waals surface area (Å²) < 4.78 is 0. The number of aromatic nitrogens is 2. The van der Waals surface area contributed by atoms with E-state index in [2.05, 4.69) is 22.0 Å². The molecule has 4 aromatic rings. The summed E-state index contributed by atoms with van der Waals surface area (Å²) in [6, 6.07) is 22.4. The summed E-state index contributed by atoms with van der Waals surface area (Å²) in [5, 5.41) is 0. The van der Waals surface area contributed by atoms with Crippen LogP contribution in [0.25, 0.3) is 22.4 Å². The number of rotatable bonds is 3. The molecule has 0 atom stereocenters. The topological polar surface area (TPSA) is 52.2 Å². The molecular weight excluding hydrogens is 384 g/mol. The van der Waals surface area contributed by atoms with Gasteiger partial charge in [-0.3, -0.25) is 4.79 Å². The molecule has 1 N–H and O–H groups in total. The second-order valence-electron chi connectivity index (χ2n) is 8.43. The predicted molar refractivity (Wildman–Crippen MR) is 125 cm³/mol. The van der Waals surface area contributed by atoms with Gasteiger partial charge in [0.25, 0.3) is 5.91 Å². The minimum absolute atomic E-state index is 0.0716. The first-order chi connectivity index (χ1) is 15.3. The zero-order chi connectivity index (χ0) is 20.8. The Balaban J connectivity index is 1.30. The lowest BCUT2D eigenvalue weighted by Crippen LogP contribution is -2.29. The standard InChI is InChI=1S/C26H24N4O/c31-26-22-11-9-20(29-13-5-2-6-14-29)15-19(22)17-30(26)21-10-12-23-24(16-21)28-25(27-23)18-7-3-1-4-8-18/h1,3-4,7-12,15-16H,2,5-6,13-14,17H2,(H,27,28). The number of piperidine rings is 1. The number of aromatic amines is 1. The molecule has 5 heteroatoms. The maximum Gasteiger partial charge on any atom is 0.258 e. The molecule has 31 heavy (non-hydrogen) atoms. The van der Waals surface area contributed by atoms with Gasteiger partial charge in [0.1, 0.15) is 5.82 Å². The van der Waals surface area contributed by atoms with E-state index in [9.17, 15) is 4.79 Å². The first-order valence-electron chi connectivity index (χ1n) is 11.0. The highest BCUT2D eigenvalue weighted by Crippen LogP contribution is 2.33. The average Bonchev–Trinajstić information content (AvgIpc) is 3.40. The normalized spacial score (nSPS) is 16.2. The lowest BCUT2D eigenvalue weighted by molar-refractivity contribution is 0.0996. The van der Waals surface area contributed by atoms with Gasteiger partial charge in [-0.15, -0.1) is 0 Å². The number of hydrogen-bond acceptors (Lipinski definition) is 3. The van der Waals surface area contributed by atoms with Crippen LogP contribution >= 0.6 is 0 Å². The molecule has 0 bridgehead atoms. The van der Waals surface area contributed by atoms with E-state index in [0.717, 1.165) is 52.3 Å². The third kappa shape index (κ3) is 3.17. The Bertz CT molecular complexity index is 1270. The molecule has 1 fully saturated rings. The Kier molecular flexibility index (Phi) is 4.27. The highest BCUT2D eigenvalue weighted by atomic mass is 16.2. The van der Waals surface area contributed by atoms with Crippen LogP contribution in [0.2, 0.25) is 0 Å². The number of amides is 1. The number of hydrogen-bond donors (Lipinski definition) is 1. The fourth-order valence-electron chi connectivity index (χ4n) is 4.76. The first-order valence-corrected chi connectivity index (χ1v) is 11.0. The van der Waals surface area contributed by atoms with Gasteiger partial charge in [0, 0.05) is 35.6 Å².